The fraction of sp³-hybridized carbons (Fsp3) is 0.130. The van der Waals surface area contributed by atoms with Crippen molar-refractivity contribution in [3.8, 4) is 34.4 Å². The van der Waals surface area contributed by atoms with Gasteiger partial charge in [0.25, 0.3) is 0 Å². The van der Waals surface area contributed by atoms with E-state index in [4.69, 9.17) is 19.2 Å². The zero-order chi connectivity index (χ0) is 21.1. The van der Waals surface area contributed by atoms with Gasteiger partial charge >= 0.3 is 0 Å². The highest BCUT2D eigenvalue weighted by atomic mass is 127. The lowest BCUT2D eigenvalue weighted by atomic mass is 10.1. The van der Waals surface area contributed by atoms with Gasteiger partial charge in [0.2, 0.25) is 0 Å². The Balaban J connectivity index is 1.76. The Morgan fingerprint density at radius 1 is 0.967 bits per heavy atom. The lowest BCUT2D eigenvalue weighted by molar-refractivity contribution is 0.308. The summed E-state index contributed by atoms with van der Waals surface area (Å²) in [5.41, 5.74) is 2.97. The Bertz CT molecular complexity index is 1210. The van der Waals surface area contributed by atoms with E-state index in [2.05, 4.69) is 27.6 Å². The third kappa shape index (κ3) is 4.11. The number of fused-ring (bicyclic) bond motifs is 1. The number of aromatic hydroxyl groups is 1. The van der Waals surface area contributed by atoms with Gasteiger partial charge in [-0.05, 0) is 58.5 Å². The van der Waals surface area contributed by atoms with Crippen LogP contribution in [0.3, 0.4) is 0 Å². The molecule has 0 aliphatic rings. The number of aromatic nitrogens is 2. The third-order valence-electron chi connectivity index (χ3n) is 4.58. The summed E-state index contributed by atoms with van der Waals surface area (Å²) >= 11 is 2.13. The third-order valence-corrected chi connectivity index (χ3v) is 5.40. The molecule has 4 aromatic rings. The number of benzene rings is 2. The molecule has 0 saturated carbocycles. The fourth-order valence-corrected chi connectivity index (χ4v) is 3.87. The van der Waals surface area contributed by atoms with Crippen molar-refractivity contribution in [1.29, 1.82) is 0 Å². The zero-order valence-corrected chi connectivity index (χ0v) is 18.6. The van der Waals surface area contributed by atoms with Crippen molar-refractivity contribution in [2.45, 2.75) is 6.61 Å². The van der Waals surface area contributed by atoms with Crippen molar-refractivity contribution in [3.05, 3.63) is 69.9 Å². The van der Waals surface area contributed by atoms with E-state index in [0.29, 0.717) is 35.0 Å². The molecule has 2 heterocycles. The number of halogens is 1. The van der Waals surface area contributed by atoms with E-state index >= 15 is 0 Å². The number of hydrogen-bond donors (Lipinski definition) is 1. The normalized spacial score (nSPS) is 10.8. The molecule has 0 amide bonds. The molecule has 2 aromatic heterocycles. The van der Waals surface area contributed by atoms with Crippen LogP contribution >= 0.6 is 22.6 Å². The molecule has 0 saturated heterocycles. The molecule has 6 nitrogen and oxygen atoms in total. The van der Waals surface area contributed by atoms with E-state index in [0.717, 1.165) is 20.3 Å². The first-order valence-electron chi connectivity index (χ1n) is 9.17. The molecule has 30 heavy (non-hydrogen) atoms. The molecular formula is C23H19IN2O4. The van der Waals surface area contributed by atoms with Gasteiger partial charge in [-0.25, -0.2) is 9.97 Å². The van der Waals surface area contributed by atoms with Gasteiger partial charge in [-0.15, -0.1) is 0 Å². The summed E-state index contributed by atoms with van der Waals surface area (Å²) < 4.78 is 17.8. The number of para-hydroxylation sites is 1. The van der Waals surface area contributed by atoms with E-state index in [1.807, 2.05) is 48.5 Å². The minimum atomic E-state index is 0.109. The molecule has 2 aromatic carbocycles. The Labute approximate surface area is 187 Å². The number of nitrogens with zero attached hydrogens (tertiary/aromatic N) is 2. The topological polar surface area (TPSA) is 73.7 Å². The minimum Gasteiger partial charge on any atom is -0.506 e. The molecule has 0 atom stereocenters. The van der Waals surface area contributed by atoms with Gasteiger partial charge in [0.15, 0.2) is 0 Å². The maximum absolute atomic E-state index is 9.68. The fourth-order valence-electron chi connectivity index (χ4n) is 3.14. The number of ether oxygens (including phenoxy) is 3. The van der Waals surface area contributed by atoms with Crippen LogP contribution in [0.25, 0.3) is 22.3 Å². The number of methoxy groups -OCH3 is 2. The van der Waals surface area contributed by atoms with Crippen LogP contribution in [0.15, 0.2) is 60.8 Å². The van der Waals surface area contributed by atoms with E-state index < -0.39 is 0 Å². The number of pyridine rings is 2. The summed E-state index contributed by atoms with van der Waals surface area (Å²) in [6, 6.07) is 17.0. The number of hydrogen-bond acceptors (Lipinski definition) is 6. The van der Waals surface area contributed by atoms with Crippen LogP contribution < -0.4 is 14.2 Å². The molecule has 1 N–H and O–H groups in total. The first kappa shape index (κ1) is 20.2. The van der Waals surface area contributed by atoms with Gasteiger partial charge in [0.05, 0.1) is 26.1 Å². The first-order chi connectivity index (χ1) is 14.6. The van der Waals surface area contributed by atoms with Crippen LogP contribution in [-0.4, -0.2) is 29.3 Å². The smallest absolute Gasteiger partial charge is 0.146 e. The second-order valence-electron chi connectivity index (χ2n) is 6.53. The second-order valence-corrected chi connectivity index (χ2v) is 7.69. The SMILES string of the molecule is COc1cccc(COc2cccc3c(OC)cc(-c4ncc(O)cc4I)nc23)c1. The molecule has 0 radical (unpaired) electrons. The predicted octanol–water partition coefficient (Wildman–Crippen LogP) is 5.20. The van der Waals surface area contributed by atoms with Crippen molar-refractivity contribution in [3.63, 3.8) is 0 Å². The highest BCUT2D eigenvalue weighted by molar-refractivity contribution is 14.1. The maximum atomic E-state index is 9.68. The average molecular weight is 514 g/mol. The Hall–Kier alpha value is -3.07. The maximum Gasteiger partial charge on any atom is 0.146 e. The highest BCUT2D eigenvalue weighted by Gasteiger charge is 2.15. The standard InChI is InChI=1S/C23H19IN2O4/c1-28-16-6-3-5-14(9-16)13-30-20-8-4-7-17-21(29-2)11-19(26-22(17)20)23-18(24)10-15(27)12-25-23/h3-12,27H,13H2,1-2H3. The van der Waals surface area contributed by atoms with Gasteiger partial charge < -0.3 is 19.3 Å². The molecule has 0 fully saturated rings. The summed E-state index contributed by atoms with van der Waals surface area (Å²) in [7, 11) is 3.26. The van der Waals surface area contributed by atoms with Crippen molar-refractivity contribution >= 4 is 33.5 Å². The van der Waals surface area contributed by atoms with Crippen molar-refractivity contribution in [1.82, 2.24) is 9.97 Å². The quantitative estimate of drug-likeness (QED) is 0.357. The Kier molecular flexibility index (Phi) is 5.89. The van der Waals surface area contributed by atoms with Crippen LogP contribution in [0.4, 0.5) is 0 Å². The van der Waals surface area contributed by atoms with Crippen molar-refractivity contribution in [2.75, 3.05) is 14.2 Å². The molecule has 152 valence electrons. The van der Waals surface area contributed by atoms with Crippen molar-refractivity contribution < 1.29 is 19.3 Å². The van der Waals surface area contributed by atoms with Crippen LogP contribution in [0.1, 0.15) is 5.56 Å². The summed E-state index contributed by atoms with van der Waals surface area (Å²) in [6.07, 6.45) is 1.40. The summed E-state index contributed by atoms with van der Waals surface area (Å²) in [4.78, 5) is 9.15. The van der Waals surface area contributed by atoms with E-state index in [-0.39, 0.29) is 5.75 Å². The molecule has 4 rings (SSSR count). The molecule has 7 heteroatoms. The molecular weight excluding hydrogens is 495 g/mol. The zero-order valence-electron chi connectivity index (χ0n) is 16.4. The lowest BCUT2D eigenvalue weighted by Crippen LogP contribution is -1.99. The summed E-state index contributed by atoms with van der Waals surface area (Å²) in [5, 5.41) is 10.5. The predicted molar refractivity (Wildman–Crippen MR) is 123 cm³/mol. The van der Waals surface area contributed by atoms with E-state index in [1.54, 1.807) is 20.3 Å². The van der Waals surface area contributed by atoms with Crippen LogP contribution in [0, 0.1) is 3.57 Å². The Morgan fingerprint density at radius 2 is 1.80 bits per heavy atom. The highest BCUT2D eigenvalue weighted by Crippen LogP contribution is 2.35. The molecule has 0 unspecified atom stereocenters. The van der Waals surface area contributed by atoms with Gasteiger partial charge in [-0.2, -0.15) is 0 Å². The molecule has 0 bridgehead atoms. The van der Waals surface area contributed by atoms with Gasteiger partial charge in [0.1, 0.15) is 40.8 Å². The summed E-state index contributed by atoms with van der Waals surface area (Å²) in [5.74, 6) is 2.21. The monoisotopic (exact) mass is 514 g/mol. The number of rotatable bonds is 6. The summed E-state index contributed by atoms with van der Waals surface area (Å²) in [6.45, 7) is 0.375. The van der Waals surface area contributed by atoms with Crippen LogP contribution in [-0.2, 0) is 6.61 Å². The van der Waals surface area contributed by atoms with E-state index in [1.165, 1.54) is 6.20 Å². The van der Waals surface area contributed by atoms with Crippen molar-refractivity contribution in [2.24, 2.45) is 0 Å². The van der Waals surface area contributed by atoms with E-state index in [9.17, 15) is 5.11 Å². The first-order valence-corrected chi connectivity index (χ1v) is 10.3. The largest absolute Gasteiger partial charge is 0.506 e. The van der Waals surface area contributed by atoms with Crippen LogP contribution in [0.2, 0.25) is 0 Å². The van der Waals surface area contributed by atoms with Gasteiger partial charge in [0, 0.05) is 15.0 Å². The molecule has 0 aliphatic carbocycles. The van der Waals surface area contributed by atoms with Gasteiger partial charge in [-0.1, -0.05) is 18.2 Å². The molecule has 0 spiro atoms. The minimum absolute atomic E-state index is 0.109. The second kappa shape index (κ2) is 8.74. The Morgan fingerprint density at radius 3 is 2.57 bits per heavy atom. The van der Waals surface area contributed by atoms with Gasteiger partial charge in [-0.3, -0.25) is 0 Å². The average Bonchev–Trinajstić information content (AvgIpc) is 2.77. The lowest BCUT2D eigenvalue weighted by Gasteiger charge is -2.13. The van der Waals surface area contributed by atoms with Crippen LogP contribution in [0.5, 0.6) is 23.0 Å². The molecule has 0 aliphatic heterocycles.